The Morgan fingerprint density at radius 3 is 2.50 bits per heavy atom. The number of hydrogen-bond acceptors (Lipinski definition) is 2. The van der Waals surface area contributed by atoms with Crippen molar-refractivity contribution in [3.05, 3.63) is 99.8 Å². The lowest BCUT2D eigenvalue weighted by Gasteiger charge is -2.13. The maximum atomic E-state index is 13.0. The number of rotatable bonds is 7. The predicted octanol–water partition coefficient (Wildman–Crippen LogP) is 5.66. The lowest BCUT2D eigenvalue weighted by Crippen LogP contribution is -2.13. The standard InChI is InChI=1S/C22H21ClFNO/c1-16-3-2-4-18(11-16)15-26-22-10-7-20(23)12-19(22)14-25-13-17-5-8-21(24)9-6-17/h2-12,25H,13-15H2,1H3. The van der Waals surface area contributed by atoms with Gasteiger partial charge in [0.2, 0.25) is 0 Å². The van der Waals surface area contributed by atoms with Crippen molar-refractivity contribution in [2.75, 3.05) is 0 Å². The Kier molecular flexibility index (Phi) is 6.26. The van der Waals surface area contributed by atoms with Crippen LogP contribution in [0.3, 0.4) is 0 Å². The zero-order valence-electron chi connectivity index (χ0n) is 14.6. The fourth-order valence-corrected chi connectivity index (χ4v) is 2.93. The molecule has 0 saturated heterocycles. The SMILES string of the molecule is Cc1cccc(COc2ccc(Cl)cc2CNCc2ccc(F)cc2)c1. The molecule has 3 aromatic carbocycles. The average molecular weight is 370 g/mol. The van der Waals surface area contributed by atoms with Crippen molar-refractivity contribution in [3.8, 4) is 5.75 Å². The summed E-state index contributed by atoms with van der Waals surface area (Å²) in [6, 6.07) is 20.4. The van der Waals surface area contributed by atoms with E-state index in [1.165, 1.54) is 17.7 Å². The summed E-state index contributed by atoms with van der Waals surface area (Å²) in [7, 11) is 0. The van der Waals surface area contributed by atoms with E-state index in [0.29, 0.717) is 24.7 Å². The van der Waals surface area contributed by atoms with Crippen molar-refractivity contribution < 1.29 is 9.13 Å². The molecule has 0 fully saturated rings. The van der Waals surface area contributed by atoms with E-state index < -0.39 is 0 Å². The van der Waals surface area contributed by atoms with E-state index in [9.17, 15) is 4.39 Å². The Morgan fingerprint density at radius 1 is 0.923 bits per heavy atom. The van der Waals surface area contributed by atoms with Crippen LogP contribution in [0.4, 0.5) is 4.39 Å². The Labute approximate surface area is 158 Å². The molecule has 0 aliphatic carbocycles. The minimum atomic E-state index is -0.226. The summed E-state index contributed by atoms with van der Waals surface area (Å²) in [5, 5.41) is 4.02. The molecule has 0 unspecified atom stereocenters. The Hall–Kier alpha value is -2.36. The molecular formula is C22H21ClFNO. The Balaban J connectivity index is 1.62. The molecule has 0 radical (unpaired) electrons. The van der Waals surface area contributed by atoms with E-state index in [4.69, 9.17) is 16.3 Å². The number of benzene rings is 3. The second-order valence-electron chi connectivity index (χ2n) is 6.26. The summed E-state index contributed by atoms with van der Waals surface area (Å²) < 4.78 is 19.0. The molecule has 3 aromatic rings. The third kappa shape index (κ3) is 5.32. The van der Waals surface area contributed by atoms with Crippen LogP contribution in [0.1, 0.15) is 22.3 Å². The number of ether oxygens (including phenoxy) is 1. The highest BCUT2D eigenvalue weighted by atomic mass is 35.5. The van der Waals surface area contributed by atoms with E-state index in [1.54, 1.807) is 12.1 Å². The van der Waals surface area contributed by atoms with Gasteiger partial charge in [-0.15, -0.1) is 0 Å². The summed E-state index contributed by atoms with van der Waals surface area (Å²) >= 11 is 6.14. The van der Waals surface area contributed by atoms with E-state index in [0.717, 1.165) is 22.4 Å². The van der Waals surface area contributed by atoms with E-state index in [2.05, 4.69) is 30.4 Å². The Bertz CT molecular complexity index is 864. The molecule has 26 heavy (non-hydrogen) atoms. The maximum Gasteiger partial charge on any atom is 0.124 e. The normalized spacial score (nSPS) is 10.7. The monoisotopic (exact) mass is 369 g/mol. The van der Waals surface area contributed by atoms with Crippen LogP contribution in [0.15, 0.2) is 66.7 Å². The van der Waals surface area contributed by atoms with Gasteiger partial charge in [-0.05, 0) is 48.4 Å². The first-order chi connectivity index (χ1) is 12.6. The van der Waals surface area contributed by atoms with Crippen molar-refractivity contribution in [1.29, 1.82) is 0 Å². The molecule has 4 heteroatoms. The molecule has 0 aliphatic heterocycles. The third-order valence-corrected chi connectivity index (χ3v) is 4.29. The van der Waals surface area contributed by atoms with E-state index in [1.807, 2.05) is 24.3 Å². The molecule has 0 amide bonds. The van der Waals surface area contributed by atoms with Crippen LogP contribution < -0.4 is 10.1 Å². The molecule has 0 atom stereocenters. The molecule has 0 aliphatic rings. The zero-order valence-corrected chi connectivity index (χ0v) is 15.4. The van der Waals surface area contributed by atoms with Gasteiger partial charge in [-0.1, -0.05) is 53.6 Å². The zero-order chi connectivity index (χ0) is 18.4. The second-order valence-corrected chi connectivity index (χ2v) is 6.70. The van der Waals surface area contributed by atoms with Gasteiger partial charge >= 0.3 is 0 Å². The molecular weight excluding hydrogens is 349 g/mol. The number of hydrogen-bond donors (Lipinski definition) is 1. The highest BCUT2D eigenvalue weighted by molar-refractivity contribution is 6.30. The molecule has 0 spiro atoms. The lowest BCUT2D eigenvalue weighted by molar-refractivity contribution is 0.302. The quantitative estimate of drug-likeness (QED) is 0.580. The van der Waals surface area contributed by atoms with Gasteiger partial charge in [-0.3, -0.25) is 0 Å². The van der Waals surface area contributed by atoms with E-state index in [-0.39, 0.29) is 5.82 Å². The smallest absolute Gasteiger partial charge is 0.124 e. The van der Waals surface area contributed by atoms with Crippen molar-refractivity contribution in [2.45, 2.75) is 26.6 Å². The average Bonchev–Trinajstić information content (AvgIpc) is 2.63. The molecule has 0 saturated carbocycles. The first kappa shape index (κ1) is 18.4. The molecule has 2 nitrogen and oxygen atoms in total. The molecule has 1 N–H and O–H groups in total. The van der Waals surface area contributed by atoms with Crippen molar-refractivity contribution in [1.82, 2.24) is 5.32 Å². The first-order valence-corrected chi connectivity index (χ1v) is 8.90. The van der Waals surface area contributed by atoms with Gasteiger partial charge in [-0.25, -0.2) is 4.39 Å². The summed E-state index contributed by atoms with van der Waals surface area (Å²) in [4.78, 5) is 0. The van der Waals surface area contributed by atoms with Crippen LogP contribution in [0, 0.1) is 12.7 Å². The van der Waals surface area contributed by atoms with Crippen molar-refractivity contribution >= 4 is 11.6 Å². The molecule has 0 heterocycles. The fourth-order valence-electron chi connectivity index (χ4n) is 2.73. The molecule has 0 aromatic heterocycles. The van der Waals surface area contributed by atoms with Gasteiger partial charge in [0.1, 0.15) is 18.2 Å². The van der Waals surface area contributed by atoms with Gasteiger partial charge in [0.15, 0.2) is 0 Å². The summed E-state index contributed by atoms with van der Waals surface area (Å²) in [6.07, 6.45) is 0. The van der Waals surface area contributed by atoms with Crippen molar-refractivity contribution in [3.63, 3.8) is 0 Å². The summed E-state index contributed by atoms with van der Waals surface area (Å²) in [6.45, 7) is 3.83. The number of aryl methyl sites for hydroxylation is 1. The van der Waals surface area contributed by atoms with E-state index >= 15 is 0 Å². The summed E-state index contributed by atoms with van der Waals surface area (Å²) in [5.74, 6) is 0.581. The van der Waals surface area contributed by atoms with Gasteiger partial charge in [0, 0.05) is 23.7 Å². The molecule has 0 bridgehead atoms. The van der Waals surface area contributed by atoms with Gasteiger partial charge in [0.05, 0.1) is 0 Å². The fraction of sp³-hybridized carbons (Fsp3) is 0.182. The molecule has 134 valence electrons. The predicted molar refractivity (Wildman–Crippen MR) is 104 cm³/mol. The molecule has 3 rings (SSSR count). The first-order valence-electron chi connectivity index (χ1n) is 8.52. The van der Waals surface area contributed by atoms with Crippen LogP contribution in [0.25, 0.3) is 0 Å². The maximum absolute atomic E-state index is 13.0. The van der Waals surface area contributed by atoms with Gasteiger partial charge < -0.3 is 10.1 Å². The topological polar surface area (TPSA) is 21.3 Å². The van der Waals surface area contributed by atoms with Crippen LogP contribution in [0.5, 0.6) is 5.75 Å². The number of halogens is 2. The van der Waals surface area contributed by atoms with Crippen molar-refractivity contribution in [2.24, 2.45) is 0 Å². The minimum absolute atomic E-state index is 0.226. The highest BCUT2D eigenvalue weighted by Crippen LogP contribution is 2.24. The lowest BCUT2D eigenvalue weighted by atomic mass is 10.1. The third-order valence-electron chi connectivity index (χ3n) is 4.06. The van der Waals surface area contributed by atoms with Crippen LogP contribution in [-0.2, 0) is 19.7 Å². The van der Waals surface area contributed by atoms with Crippen LogP contribution in [0.2, 0.25) is 5.02 Å². The highest BCUT2D eigenvalue weighted by Gasteiger charge is 2.06. The Morgan fingerprint density at radius 2 is 1.73 bits per heavy atom. The second kappa shape index (κ2) is 8.84. The summed E-state index contributed by atoms with van der Waals surface area (Å²) in [5.41, 5.74) is 4.36. The minimum Gasteiger partial charge on any atom is -0.489 e. The van der Waals surface area contributed by atoms with Crippen LogP contribution in [-0.4, -0.2) is 0 Å². The largest absolute Gasteiger partial charge is 0.489 e. The van der Waals surface area contributed by atoms with Crippen LogP contribution >= 0.6 is 11.6 Å². The number of nitrogens with one attached hydrogen (secondary N) is 1. The van der Waals surface area contributed by atoms with Gasteiger partial charge in [-0.2, -0.15) is 0 Å². The van der Waals surface area contributed by atoms with Gasteiger partial charge in [0.25, 0.3) is 0 Å².